The Morgan fingerprint density at radius 3 is 2.70 bits per heavy atom. The highest BCUT2D eigenvalue weighted by Crippen LogP contribution is 2.27. The molecule has 1 saturated heterocycles. The van der Waals surface area contributed by atoms with Gasteiger partial charge in [-0.2, -0.15) is 0 Å². The molecular formula is C26H27N5OS. The summed E-state index contributed by atoms with van der Waals surface area (Å²) in [5.41, 5.74) is 4.90. The highest BCUT2D eigenvalue weighted by Gasteiger charge is 2.15. The molecule has 0 radical (unpaired) electrons. The number of nitrogens with zero attached hydrogens (tertiary/aromatic N) is 3. The van der Waals surface area contributed by atoms with Crippen LogP contribution in [0.15, 0.2) is 78.0 Å². The van der Waals surface area contributed by atoms with E-state index in [9.17, 15) is 0 Å². The number of nitrogens with one attached hydrogen (secondary N) is 2. The van der Waals surface area contributed by atoms with Gasteiger partial charge in [-0.05, 0) is 60.5 Å². The van der Waals surface area contributed by atoms with Gasteiger partial charge in [0.25, 0.3) is 0 Å². The van der Waals surface area contributed by atoms with E-state index >= 15 is 0 Å². The van der Waals surface area contributed by atoms with Crippen LogP contribution in [0.25, 0.3) is 22.3 Å². The molecule has 5 rings (SSSR count). The van der Waals surface area contributed by atoms with Crippen LogP contribution in [0.1, 0.15) is 18.4 Å². The Morgan fingerprint density at radius 2 is 1.82 bits per heavy atom. The van der Waals surface area contributed by atoms with Crippen molar-refractivity contribution < 1.29 is 4.74 Å². The number of benzene rings is 2. The van der Waals surface area contributed by atoms with Crippen LogP contribution in [-0.4, -0.2) is 34.7 Å². The third kappa shape index (κ3) is 5.68. The number of hydrogen-bond donors (Lipinski definition) is 2. The zero-order valence-corrected chi connectivity index (χ0v) is 19.2. The molecule has 0 bridgehead atoms. The van der Waals surface area contributed by atoms with Crippen LogP contribution in [0.2, 0.25) is 0 Å². The predicted molar refractivity (Wildman–Crippen MR) is 134 cm³/mol. The van der Waals surface area contributed by atoms with E-state index in [2.05, 4.69) is 68.5 Å². The van der Waals surface area contributed by atoms with Crippen LogP contribution >= 0.6 is 11.9 Å². The van der Waals surface area contributed by atoms with Crippen LogP contribution < -0.4 is 10.0 Å². The summed E-state index contributed by atoms with van der Waals surface area (Å²) in [6, 6.07) is 22.9. The fourth-order valence-corrected chi connectivity index (χ4v) is 4.68. The van der Waals surface area contributed by atoms with Gasteiger partial charge in [0.15, 0.2) is 5.82 Å². The highest BCUT2D eigenvalue weighted by molar-refractivity contribution is 7.97. The zero-order chi connectivity index (χ0) is 22.3. The van der Waals surface area contributed by atoms with Gasteiger partial charge in [0.2, 0.25) is 0 Å². The zero-order valence-electron chi connectivity index (χ0n) is 18.4. The Labute approximate surface area is 198 Å². The van der Waals surface area contributed by atoms with E-state index < -0.39 is 0 Å². The minimum absolute atomic E-state index is 0.601. The van der Waals surface area contributed by atoms with Crippen molar-refractivity contribution in [1.29, 1.82) is 0 Å². The number of aromatic nitrogens is 3. The van der Waals surface area contributed by atoms with Gasteiger partial charge in [-0.3, -0.25) is 4.72 Å². The molecule has 168 valence electrons. The molecule has 2 N–H and O–H groups in total. The molecule has 0 aliphatic carbocycles. The largest absolute Gasteiger partial charge is 0.381 e. The molecule has 7 heteroatoms. The fourth-order valence-electron chi connectivity index (χ4n) is 3.94. The van der Waals surface area contributed by atoms with E-state index in [1.165, 1.54) is 5.56 Å². The molecule has 3 heterocycles. The van der Waals surface area contributed by atoms with Crippen LogP contribution in [0, 0.1) is 5.92 Å². The molecule has 0 atom stereocenters. The van der Waals surface area contributed by atoms with Crippen molar-refractivity contribution in [1.82, 2.24) is 19.7 Å². The van der Waals surface area contributed by atoms with Crippen molar-refractivity contribution >= 4 is 28.8 Å². The second-order valence-corrected chi connectivity index (χ2v) is 9.12. The molecule has 0 saturated carbocycles. The normalized spacial score (nSPS) is 14.4. The standard InChI is InChI=1S/C26H27N5OS/c1-2-5-19(6-3-1)17-30-33-22-8-4-7-21(15-22)23-9-10-24-25(31-23)26(29-18-28-24)27-16-20-11-13-32-14-12-20/h1-10,15,18,20,30H,11-14,16-17H2,(H,27,28,29). The first-order chi connectivity index (χ1) is 16.3. The number of pyridine rings is 1. The topological polar surface area (TPSA) is 72.0 Å². The summed E-state index contributed by atoms with van der Waals surface area (Å²) in [5, 5.41) is 3.51. The summed E-state index contributed by atoms with van der Waals surface area (Å²) in [6.45, 7) is 3.37. The maximum absolute atomic E-state index is 5.47. The van der Waals surface area contributed by atoms with E-state index in [1.54, 1.807) is 18.3 Å². The van der Waals surface area contributed by atoms with Crippen molar-refractivity contribution in [3.05, 3.63) is 78.6 Å². The highest BCUT2D eigenvalue weighted by atomic mass is 32.2. The predicted octanol–water partition coefficient (Wildman–Crippen LogP) is 5.33. The van der Waals surface area contributed by atoms with E-state index in [0.29, 0.717) is 5.92 Å². The monoisotopic (exact) mass is 457 g/mol. The Kier molecular flexibility index (Phi) is 7.11. The van der Waals surface area contributed by atoms with Crippen molar-refractivity contribution in [2.75, 3.05) is 25.1 Å². The van der Waals surface area contributed by atoms with Crippen molar-refractivity contribution in [3.8, 4) is 11.3 Å². The third-order valence-corrected chi connectivity index (χ3v) is 6.60. The molecule has 0 unspecified atom stereocenters. The molecule has 0 spiro atoms. The SMILES string of the molecule is c1ccc(CNSc2cccc(-c3ccc4ncnc(NCC5CCOCC5)c4n3)c2)cc1. The first-order valence-electron chi connectivity index (χ1n) is 11.3. The van der Waals surface area contributed by atoms with Gasteiger partial charge < -0.3 is 10.1 Å². The third-order valence-electron chi connectivity index (χ3n) is 5.82. The smallest absolute Gasteiger partial charge is 0.156 e. The van der Waals surface area contributed by atoms with E-state index in [-0.39, 0.29) is 0 Å². The first kappa shape index (κ1) is 21.8. The molecule has 0 amide bonds. The van der Waals surface area contributed by atoms with Gasteiger partial charge in [0.1, 0.15) is 11.8 Å². The lowest BCUT2D eigenvalue weighted by Crippen LogP contribution is -2.23. The molecular weight excluding hydrogens is 430 g/mol. The fraction of sp³-hybridized carbons (Fsp3) is 0.269. The van der Waals surface area contributed by atoms with Gasteiger partial charge in [-0.1, -0.05) is 42.5 Å². The lowest BCUT2D eigenvalue weighted by atomic mass is 10.0. The maximum atomic E-state index is 5.47. The maximum Gasteiger partial charge on any atom is 0.156 e. The van der Waals surface area contributed by atoms with Gasteiger partial charge in [0, 0.05) is 36.8 Å². The van der Waals surface area contributed by atoms with Crippen LogP contribution in [-0.2, 0) is 11.3 Å². The number of ether oxygens (including phenoxy) is 1. The summed E-state index contributed by atoms with van der Waals surface area (Å²) < 4.78 is 8.91. The molecule has 1 aliphatic rings. The lowest BCUT2D eigenvalue weighted by molar-refractivity contribution is 0.0699. The minimum Gasteiger partial charge on any atom is -0.381 e. The average molecular weight is 458 g/mol. The van der Waals surface area contributed by atoms with Crippen LogP contribution in [0.4, 0.5) is 5.82 Å². The molecule has 4 aromatic rings. The summed E-state index contributed by atoms with van der Waals surface area (Å²) in [7, 11) is 0. The van der Waals surface area contributed by atoms with Gasteiger partial charge >= 0.3 is 0 Å². The van der Waals surface area contributed by atoms with E-state index in [1.807, 2.05) is 18.2 Å². The Hall–Kier alpha value is -3.00. The van der Waals surface area contributed by atoms with Crippen molar-refractivity contribution in [2.24, 2.45) is 5.92 Å². The number of hydrogen-bond acceptors (Lipinski definition) is 7. The first-order valence-corrected chi connectivity index (χ1v) is 12.1. The Balaban J connectivity index is 1.31. The Morgan fingerprint density at radius 1 is 0.939 bits per heavy atom. The molecule has 2 aromatic heterocycles. The lowest BCUT2D eigenvalue weighted by Gasteiger charge is -2.22. The van der Waals surface area contributed by atoms with Crippen molar-refractivity contribution in [3.63, 3.8) is 0 Å². The van der Waals surface area contributed by atoms with Gasteiger partial charge in [-0.15, -0.1) is 0 Å². The second kappa shape index (κ2) is 10.7. The Bertz CT molecular complexity index is 1200. The van der Waals surface area contributed by atoms with Gasteiger partial charge in [0.05, 0.1) is 11.2 Å². The van der Waals surface area contributed by atoms with Crippen LogP contribution in [0.5, 0.6) is 0 Å². The van der Waals surface area contributed by atoms with Crippen LogP contribution in [0.3, 0.4) is 0 Å². The average Bonchev–Trinajstić information content (AvgIpc) is 2.88. The number of anilines is 1. The molecule has 6 nitrogen and oxygen atoms in total. The quantitative estimate of drug-likeness (QED) is 0.347. The minimum atomic E-state index is 0.601. The summed E-state index contributed by atoms with van der Waals surface area (Å²) in [5.74, 6) is 1.40. The summed E-state index contributed by atoms with van der Waals surface area (Å²) in [6.07, 6.45) is 3.76. The number of fused-ring (bicyclic) bond motifs is 1. The van der Waals surface area contributed by atoms with E-state index in [4.69, 9.17) is 9.72 Å². The molecule has 33 heavy (non-hydrogen) atoms. The molecule has 1 fully saturated rings. The second-order valence-electron chi connectivity index (χ2n) is 8.16. The van der Waals surface area contributed by atoms with Gasteiger partial charge in [-0.25, -0.2) is 15.0 Å². The van der Waals surface area contributed by atoms with E-state index in [0.717, 1.165) is 72.1 Å². The molecule has 1 aliphatic heterocycles. The number of rotatable bonds is 8. The summed E-state index contributed by atoms with van der Waals surface area (Å²) >= 11 is 1.63. The summed E-state index contributed by atoms with van der Waals surface area (Å²) in [4.78, 5) is 15.0. The molecule has 2 aromatic carbocycles. The van der Waals surface area contributed by atoms with Crippen molar-refractivity contribution in [2.45, 2.75) is 24.3 Å².